The first-order valence-corrected chi connectivity index (χ1v) is 8.40. The smallest absolute Gasteiger partial charge is 0.252 e. The van der Waals surface area contributed by atoms with E-state index in [9.17, 15) is 4.79 Å². The van der Waals surface area contributed by atoms with Gasteiger partial charge in [-0.2, -0.15) is 0 Å². The van der Waals surface area contributed by atoms with Crippen LogP contribution in [0, 0.1) is 11.8 Å². The highest BCUT2D eigenvalue weighted by molar-refractivity contribution is 9.11. The minimum absolute atomic E-state index is 0.0112. The van der Waals surface area contributed by atoms with Crippen LogP contribution >= 0.6 is 31.9 Å². The maximum absolute atomic E-state index is 12.2. The first kappa shape index (κ1) is 15.0. The fraction of sp³-hybridized carbons (Fsp3) is 0.533. The molecule has 0 spiro atoms. The Morgan fingerprint density at radius 2 is 2.05 bits per heavy atom. The van der Waals surface area contributed by atoms with E-state index in [-0.39, 0.29) is 5.91 Å². The van der Waals surface area contributed by atoms with Gasteiger partial charge in [0.15, 0.2) is 0 Å². The number of carbonyl (C=O) groups is 1. The van der Waals surface area contributed by atoms with Gasteiger partial charge < -0.3 is 5.32 Å². The Morgan fingerprint density at radius 3 is 2.74 bits per heavy atom. The fourth-order valence-corrected chi connectivity index (χ4v) is 3.92. The molecule has 1 amide bonds. The molecule has 1 fully saturated rings. The predicted molar refractivity (Wildman–Crippen MR) is 85.3 cm³/mol. The summed E-state index contributed by atoms with van der Waals surface area (Å²) >= 11 is 6.83. The third-order valence-electron chi connectivity index (χ3n) is 3.99. The number of carbonyl (C=O) groups excluding carboxylic acids is 1. The van der Waals surface area contributed by atoms with Crippen molar-refractivity contribution in [2.24, 2.45) is 11.8 Å². The molecule has 0 bridgehead atoms. The van der Waals surface area contributed by atoms with Gasteiger partial charge in [0.1, 0.15) is 0 Å². The number of amides is 1. The van der Waals surface area contributed by atoms with E-state index in [2.05, 4.69) is 44.1 Å². The molecule has 0 saturated heterocycles. The predicted octanol–water partition coefficient (Wildman–Crippen LogP) is 4.77. The Balaban J connectivity index is 1.93. The summed E-state index contributed by atoms with van der Waals surface area (Å²) in [5.41, 5.74) is 0.701. The van der Waals surface area contributed by atoms with Crippen LogP contribution in [0.25, 0.3) is 0 Å². The van der Waals surface area contributed by atoms with E-state index in [1.54, 1.807) is 0 Å². The Morgan fingerprint density at radius 1 is 1.32 bits per heavy atom. The second-order valence-corrected chi connectivity index (χ2v) is 7.13. The Labute approximate surface area is 131 Å². The molecule has 2 unspecified atom stereocenters. The zero-order valence-electron chi connectivity index (χ0n) is 11.1. The minimum Gasteiger partial charge on any atom is -0.352 e. The van der Waals surface area contributed by atoms with Gasteiger partial charge in [0.05, 0.1) is 5.56 Å². The summed E-state index contributed by atoms with van der Waals surface area (Å²) in [5.74, 6) is 1.37. The van der Waals surface area contributed by atoms with Crippen LogP contribution in [0.15, 0.2) is 27.1 Å². The number of benzene rings is 1. The first-order valence-electron chi connectivity index (χ1n) is 6.81. The van der Waals surface area contributed by atoms with Crippen molar-refractivity contribution in [1.82, 2.24) is 5.32 Å². The molecule has 1 saturated carbocycles. The van der Waals surface area contributed by atoms with Gasteiger partial charge in [-0.15, -0.1) is 0 Å². The lowest BCUT2D eigenvalue weighted by atomic mass is 9.80. The summed E-state index contributed by atoms with van der Waals surface area (Å²) < 4.78 is 1.80. The van der Waals surface area contributed by atoms with Crippen LogP contribution in [0.2, 0.25) is 0 Å². The molecule has 0 radical (unpaired) electrons. The summed E-state index contributed by atoms with van der Waals surface area (Å²) in [4.78, 5) is 12.2. The number of hydrogen-bond acceptors (Lipinski definition) is 1. The van der Waals surface area contributed by atoms with Crippen molar-refractivity contribution in [3.05, 3.63) is 32.7 Å². The van der Waals surface area contributed by atoms with Gasteiger partial charge >= 0.3 is 0 Å². The lowest BCUT2D eigenvalue weighted by molar-refractivity contribution is 0.0935. The normalized spacial score (nSPS) is 23.1. The SMILES string of the molecule is CC1CCCCC1CNC(=O)c1ccc(Br)cc1Br. The third-order valence-corrected chi connectivity index (χ3v) is 5.14. The molecule has 2 rings (SSSR count). The van der Waals surface area contributed by atoms with Crippen LogP contribution in [0.3, 0.4) is 0 Å². The van der Waals surface area contributed by atoms with Gasteiger partial charge in [0, 0.05) is 15.5 Å². The van der Waals surface area contributed by atoms with E-state index in [0.29, 0.717) is 11.5 Å². The molecule has 0 aliphatic heterocycles. The van der Waals surface area contributed by atoms with Crippen molar-refractivity contribution < 1.29 is 4.79 Å². The average Bonchev–Trinajstić information content (AvgIpc) is 2.37. The topological polar surface area (TPSA) is 29.1 Å². The molecule has 1 aliphatic carbocycles. The molecule has 19 heavy (non-hydrogen) atoms. The van der Waals surface area contributed by atoms with Crippen LogP contribution in [0.5, 0.6) is 0 Å². The monoisotopic (exact) mass is 387 g/mol. The largest absolute Gasteiger partial charge is 0.352 e. The summed E-state index contributed by atoms with van der Waals surface area (Å²) in [6, 6.07) is 5.63. The second kappa shape index (κ2) is 6.89. The Bertz CT molecular complexity index is 461. The molecule has 1 aromatic rings. The van der Waals surface area contributed by atoms with E-state index >= 15 is 0 Å². The third kappa shape index (κ3) is 4.06. The molecule has 2 nitrogen and oxygen atoms in total. The number of halogens is 2. The second-order valence-electron chi connectivity index (χ2n) is 5.36. The summed E-state index contributed by atoms with van der Waals surface area (Å²) in [7, 11) is 0. The van der Waals surface area contributed by atoms with Crippen LogP contribution in [0.1, 0.15) is 43.0 Å². The molecule has 1 N–H and O–H groups in total. The summed E-state index contributed by atoms with van der Waals surface area (Å²) in [5, 5.41) is 3.08. The highest BCUT2D eigenvalue weighted by Gasteiger charge is 2.22. The first-order chi connectivity index (χ1) is 9.08. The fourth-order valence-electron chi connectivity index (χ4n) is 2.69. The van der Waals surface area contributed by atoms with Crippen molar-refractivity contribution >= 4 is 37.8 Å². The van der Waals surface area contributed by atoms with E-state index < -0.39 is 0 Å². The van der Waals surface area contributed by atoms with Crippen molar-refractivity contribution in [3.8, 4) is 0 Å². The van der Waals surface area contributed by atoms with Crippen LogP contribution in [0.4, 0.5) is 0 Å². The number of nitrogens with one attached hydrogen (secondary N) is 1. The molecular weight excluding hydrogens is 370 g/mol. The minimum atomic E-state index is 0.0112. The highest BCUT2D eigenvalue weighted by atomic mass is 79.9. The van der Waals surface area contributed by atoms with E-state index in [1.165, 1.54) is 25.7 Å². The Hall–Kier alpha value is -0.350. The summed E-state index contributed by atoms with van der Waals surface area (Å²) in [6.45, 7) is 3.09. The standard InChI is InChI=1S/C15H19Br2NO/c1-10-4-2-3-5-11(10)9-18-15(19)13-7-6-12(16)8-14(13)17/h6-8,10-11H,2-5,9H2,1H3,(H,18,19). The van der Waals surface area contributed by atoms with Crippen molar-refractivity contribution in [3.63, 3.8) is 0 Å². The van der Waals surface area contributed by atoms with Crippen LogP contribution in [-0.4, -0.2) is 12.5 Å². The lowest BCUT2D eigenvalue weighted by Crippen LogP contribution is -2.33. The molecule has 1 aromatic carbocycles. The van der Waals surface area contributed by atoms with Crippen molar-refractivity contribution in [2.75, 3.05) is 6.54 Å². The zero-order valence-corrected chi connectivity index (χ0v) is 14.3. The number of hydrogen-bond donors (Lipinski definition) is 1. The maximum Gasteiger partial charge on any atom is 0.252 e. The molecule has 2 atom stereocenters. The van der Waals surface area contributed by atoms with Gasteiger partial charge in [-0.1, -0.05) is 42.1 Å². The van der Waals surface area contributed by atoms with Crippen LogP contribution in [-0.2, 0) is 0 Å². The van der Waals surface area contributed by atoms with Crippen LogP contribution < -0.4 is 5.32 Å². The van der Waals surface area contributed by atoms with Gasteiger partial charge in [-0.25, -0.2) is 0 Å². The maximum atomic E-state index is 12.2. The quantitative estimate of drug-likeness (QED) is 0.793. The summed E-state index contributed by atoms with van der Waals surface area (Å²) in [6.07, 6.45) is 5.17. The molecular formula is C15H19Br2NO. The van der Waals surface area contributed by atoms with Crippen molar-refractivity contribution in [2.45, 2.75) is 32.6 Å². The van der Waals surface area contributed by atoms with E-state index in [1.807, 2.05) is 18.2 Å². The van der Waals surface area contributed by atoms with Crippen molar-refractivity contribution in [1.29, 1.82) is 0 Å². The Kier molecular flexibility index (Phi) is 5.46. The number of rotatable bonds is 3. The van der Waals surface area contributed by atoms with Gasteiger partial charge in [-0.3, -0.25) is 4.79 Å². The van der Waals surface area contributed by atoms with Gasteiger partial charge in [0.25, 0.3) is 5.91 Å². The van der Waals surface area contributed by atoms with E-state index in [0.717, 1.165) is 21.4 Å². The van der Waals surface area contributed by atoms with E-state index in [4.69, 9.17) is 0 Å². The highest BCUT2D eigenvalue weighted by Crippen LogP contribution is 2.29. The van der Waals surface area contributed by atoms with Gasteiger partial charge in [0.2, 0.25) is 0 Å². The molecule has 0 aromatic heterocycles. The molecule has 4 heteroatoms. The molecule has 104 valence electrons. The van der Waals surface area contributed by atoms with Gasteiger partial charge in [-0.05, 0) is 52.4 Å². The zero-order chi connectivity index (χ0) is 13.8. The molecule has 0 heterocycles. The average molecular weight is 389 g/mol. The lowest BCUT2D eigenvalue weighted by Gasteiger charge is -2.28. The molecule has 1 aliphatic rings.